The molecule has 1 amide bonds. The molecule has 0 aliphatic carbocycles. The van der Waals surface area contributed by atoms with Gasteiger partial charge in [-0.2, -0.15) is 10.0 Å². The zero-order valence-corrected chi connectivity index (χ0v) is 20.3. The number of ether oxygens (including phenoxy) is 1. The number of fused-ring (bicyclic) bond motifs is 1. The zero-order chi connectivity index (χ0) is 24.9. The third-order valence-electron chi connectivity index (χ3n) is 5.31. The first-order valence-electron chi connectivity index (χ1n) is 10.9. The molecule has 35 heavy (non-hydrogen) atoms. The monoisotopic (exact) mass is 497 g/mol. The minimum atomic E-state index is -0.596. The first-order valence-corrected chi connectivity index (χ1v) is 11.3. The van der Waals surface area contributed by atoms with E-state index in [9.17, 15) is 9.18 Å². The van der Waals surface area contributed by atoms with Crippen LogP contribution in [0, 0.1) is 5.82 Å². The van der Waals surface area contributed by atoms with Crippen molar-refractivity contribution in [3.63, 3.8) is 0 Å². The summed E-state index contributed by atoms with van der Waals surface area (Å²) in [5, 5.41) is 4.27. The number of nitrogens with one attached hydrogen (secondary N) is 1. The van der Waals surface area contributed by atoms with Crippen LogP contribution in [0.15, 0.2) is 54.7 Å². The molecule has 2 heterocycles. The Morgan fingerprint density at radius 1 is 1.20 bits per heavy atom. The summed E-state index contributed by atoms with van der Waals surface area (Å²) in [6.07, 6.45) is 3.50. The van der Waals surface area contributed by atoms with E-state index in [1.165, 1.54) is 25.3 Å². The molecule has 3 aromatic rings. The van der Waals surface area contributed by atoms with Gasteiger partial charge in [0, 0.05) is 29.6 Å². The summed E-state index contributed by atoms with van der Waals surface area (Å²) in [6.45, 7) is 1.40. The number of rotatable bonds is 8. The van der Waals surface area contributed by atoms with E-state index in [0.717, 1.165) is 23.0 Å². The van der Waals surface area contributed by atoms with Crippen LogP contribution in [0.25, 0.3) is 5.57 Å². The summed E-state index contributed by atoms with van der Waals surface area (Å²) < 4.78 is 20.3. The molecule has 0 saturated carbocycles. The van der Waals surface area contributed by atoms with Gasteiger partial charge in [0.15, 0.2) is 5.82 Å². The Kier molecular flexibility index (Phi) is 7.60. The van der Waals surface area contributed by atoms with Crippen LogP contribution in [0.2, 0.25) is 5.02 Å². The number of allylic oxidation sites excluding steroid dienone is 1. The van der Waals surface area contributed by atoms with E-state index in [1.807, 2.05) is 43.3 Å². The van der Waals surface area contributed by atoms with Crippen molar-refractivity contribution in [2.45, 2.75) is 6.42 Å². The first kappa shape index (κ1) is 24.6. The largest absolute Gasteiger partial charge is 0.492 e. The predicted octanol–water partition coefficient (Wildman–Crippen LogP) is 4.49. The first-order chi connectivity index (χ1) is 16.9. The lowest BCUT2D eigenvalue weighted by Crippen LogP contribution is -2.31. The number of hydroxylamine groups is 1. The molecule has 1 aliphatic heterocycles. The van der Waals surface area contributed by atoms with E-state index in [-0.39, 0.29) is 27.9 Å². The molecule has 1 aliphatic rings. The number of halogens is 2. The minimum Gasteiger partial charge on any atom is -0.492 e. The molecule has 1 aromatic heterocycles. The third-order valence-corrected chi connectivity index (χ3v) is 5.62. The van der Waals surface area contributed by atoms with Gasteiger partial charge in [0.2, 0.25) is 5.95 Å². The number of hydrogen-bond acceptors (Lipinski definition) is 7. The summed E-state index contributed by atoms with van der Waals surface area (Å²) in [6, 6.07) is 11.7. The van der Waals surface area contributed by atoms with Gasteiger partial charge in [-0.3, -0.25) is 9.63 Å². The molecule has 0 atom stereocenters. The van der Waals surface area contributed by atoms with Crippen molar-refractivity contribution in [3.05, 3.63) is 76.7 Å². The molecule has 182 valence electrons. The maximum absolute atomic E-state index is 14.6. The Morgan fingerprint density at radius 2 is 1.97 bits per heavy atom. The fraction of sp³-hybridized carbons (Fsp3) is 0.240. The van der Waals surface area contributed by atoms with E-state index in [4.69, 9.17) is 21.2 Å². The van der Waals surface area contributed by atoms with Crippen LogP contribution >= 0.6 is 11.6 Å². The van der Waals surface area contributed by atoms with E-state index >= 15 is 0 Å². The number of nitrogens with zero attached hydrogens (tertiary/aromatic N) is 4. The maximum Gasteiger partial charge on any atom is 0.284 e. The fourth-order valence-electron chi connectivity index (χ4n) is 3.53. The topological polar surface area (TPSA) is 79.8 Å². The molecule has 0 radical (unpaired) electrons. The SMILES string of the molecule is CON1C(=O)C(c2c(F)cccc2Cl)=CCc2cnc(Nc3ccc(OCCN(C)C)cc3)nc21. The van der Waals surface area contributed by atoms with Gasteiger partial charge < -0.3 is 15.0 Å². The second-order valence-electron chi connectivity index (χ2n) is 8.04. The standard InChI is InChI=1S/C25H25ClFN5O3/c1-31(2)13-14-35-18-10-8-17(9-11-18)29-25-28-15-16-7-12-19(22-20(26)5-4-6-21(22)27)24(33)32(34-3)23(16)30-25/h4-6,8-12,15H,7,13-14H2,1-3H3,(H,28,29,30). The van der Waals surface area contributed by atoms with Crippen molar-refractivity contribution < 1.29 is 18.8 Å². The Balaban J connectivity index is 1.55. The summed E-state index contributed by atoms with van der Waals surface area (Å²) in [7, 11) is 5.32. The molecular weight excluding hydrogens is 473 g/mol. The van der Waals surface area contributed by atoms with Gasteiger partial charge in [-0.15, -0.1) is 0 Å². The molecular formula is C25H25ClFN5O3. The normalized spacial score (nSPS) is 13.4. The van der Waals surface area contributed by atoms with E-state index < -0.39 is 11.7 Å². The molecule has 0 saturated heterocycles. The highest BCUT2D eigenvalue weighted by Gasteiger charge is 2.30. The van der Waals surface area contributed by atoms with Crippen LogP contribution in [0.4, 0.5) is 21.8 Å². The number of hydrogen-bond donors (Lipinski definition) is 1. The van der Waals surface area contributed by atoms with Crippen LogP contribution in [0.5, 0.6) is 5.75 Å². The molecule has 1 N–H and O–H groups in total. The molecule has 4 rings (SSSR count). The van der Waals surface area contributed by atoms with Crippen LogP contribution in [0.3, 0.4) is 0 Å². The molecule has 0 bridgehead atoms. The molecule has 10 heteroatoms. The van der Waals surface area contributed by atoms with Crippen LogP contribution < -0.4 is 15.1 Å². The Labute approximate surface area is 207 Å². The van der Waals surface area contributed by atoms with Crippen molar-refractivity contribution in [3.8, 4) is 5.75 Å². The zero-order valence-electron chi connectivity index (χ0n) is 19.6. The Morgan fingerprint density at radius 3 is 2.66 bits per heavy atom. The van der Waals surface area contributed by atoms with Gasteiger partial charge in [0.1, 0.15) is 18.2 Å². The van der Waals surface area contributed by atoms with Crippen molar-refractivity contribution in [1.29, 1.82) is 0 Å². The van der Waals surface area contributed by atoms with Gasteiger partial charge in [-0.1, -0.05) is 23.7 Å². The van der Waals surface area contributed by atoms with Crippen LogP contribution in [0.1, 0.15) is 11.1 Å². The average molecular weight is 498 g/mol. The lowest BCUT2D eigenvalue weighted by Gasteiger charge is -2.21. The van der Waals surface area contributed by atoms with Gasteiger partial charge in [-0.05, 0) is 56.9 Å². The fourth-order valence-corrected chi connectivity index (χ4v) is 3.79. The Hall–Kier alpha value is -3.53. The van der Waals surface area contributed by atoms with Gasteiger partial charge >= 0.3 is 0 Å². The van der Waals surface area contributed by atoms with Crippen molar-refractivity contribution in [1.82, 2.24) is 14.9 Å². The number of likely N-dealkylation sites (N-methyl/N-ethyl adjacent to an activating group) is 1. The number of anilines is 3. The number of carbonyl (C=O) groups excluding carboxylic acids is 1. The number of carbonyl (C=O) groups is 1. The van der Waals surface area contributed by atoms with Crippen molar-refractivity contribution >= 4 is 40.5 Å². The third kappa shape index (κ3) is 5.59. The minimum absolute atomic E-state index is 0.0215. The second kappa shape index (κ2) is 10.8. The maximum atomic E-state index is 14.6. The lowest BCUT2D eigenvalue weighted by molar-refractivity contribution is -0.119. The Bertz CT molecular complexity index is 1230. The van der Waals surface area contributed by atoms with E-state index in [2.05, 4.69) is 15.3 Å². The highest BCUT2D eigenvalue weighted by atomic mass is 35.5. The van der Waals surface area contributed by atoms with Crippen LogP contribution in [-0.4, -0.2) is 55.1 Å². The second-order valence-corrected chi connectivity index (χ2v) is 8.45. The summed E-state index contributed by atoms with van der Waals surface area (Å²) in [5.41, 5.74) is 1.49. The average Bonchev–Trinajstić information content (AvgIpc) is 2.96. The number of benzene rings is 2. The summed E-state index contributed by atoms with van der Waals surface area (Å²) >= 11 is 6.21. The van der Waals surface area contributed by atoms with E-state index in [0.29, 0.717) is 18.6 Å². The smallest absolute Gasteiger partial charge is 0.284 e. The number of amides is 1. The van der Waals surface area contributed by atoms with E-state index in [1.54, 1.807) is 12.3 Å². The van der Waals surface area contributed by atoms with Crippen molar-refractivity contribution in [2.24, 2.45) is 0 Å². The van der Waals surface area contributed by atoms with Gasteiger partial charge in [0.25, 0.3) is 5.91 Å². The van der Waals surface area contributed by atoms with Gasteiger partial charge in [-0.25, -0.2) is 9.37 Å². The molecule has 0 unspecified atom stereocenters. The molecule has 8 nitrogen and oxygen atoms in total. The lowest BCUT2D eigenvalue weighted by atomic mass is 10.0. The van der Waals surface area contributed by atoms with Gasteiger partial charge in [0.05, 0.1) is 17.7 Å². The highest BCUT2D eigenvalue weighted by molar-refractivity contribution is 6.36. The molecule has 2 aromatic carbocycles. The van der Waals surface area contributed by atoms with Crippen molar-refractivity contribution in [2.75, 3.05) is 44.7 Å². The highest BCUT2D eigenvalue weighted by Crippen LogP contribution is 2.34. The predicted molar refractivity (Wildman–Crippen MR) is 133 cm³/mol. The summed E-state index contributed by atoms with van der Waals surface area (Å²) in [5.74, 6) is 0.107. The quantitative estimate of drug-likeness (QED) is 0.491. The molecule has 0 fully saturated rings. The summed E-state index contributed by atoms with van der Waals surface area (Å²) in [4.78, 5) is 29.6. The molecule has 0 spiro atoms. The number of aromatic nitrogens is 2. The van der Waals surface area contributed by atoms with Crippen LogP contribution in [-0.2, 0) is 16.1 Å².